The summed E-state index contributed by atoms with van der Waals surface area (Å²) in [5.41, 5.74) is 0. The van der Waals surface area contributed by atoms with Gasteiger partial charge < -0.3 is 0 Å². The van der Waals surface area contributed by atoms with E-state index in [1.54, 1.807) is 0 Å². The van der Waals surface area contributed by atoms with Gasteiger partial charge in [0.15, 0.2) is 0 Å². The summed E-state index contributed by atoms with van der Waals surface area (Å²) in [6.45, 7) is 0. The zero-order chi connectivity index (χ0) is 8.81. The Morgan fingerprint density at radius 1 is 1.09 bits per heavy atom. The number of carbonyl (C=O) groups excluding carboxylic acids is 2. The predicted octanol–water partition coefficient (Wildman–Crippen LogP) is -0.533. The summed E-state index contributed by atoms with van der Waals surface area (Å²) < 4.78 is 25.3. The Bertz CT molecular complexity index is 207. The van der Waals surface area contributed by atoms with Gasteiger partial charge in [-0.3, -0.25) is 19.4 Å². The van der Waals surface area contributed by atoms with E-state index >= 15 is 0 Å². The fourth-order valence-electron chi connectivity index (χ4n) is 0.756. The molecule has 0 bridgehead atoms. The summed E-state index contributed by atoms with van der Waals surface area (Å²) in [4.78, 5) is 21.4. The molecule has 0 aromatic heterocycles. The summed E-state index contributed by atoms with van der Waals surface area (Å²) in [7, 11) is 1.76. The summed E-state index contributed by atoms with van der Waals surface area (Å²) in [6, 6.07) is 0. The first-order valence-electron chi connectivity index (χ1n) is 2.83. The Balaban J connectivity index is 3.06. The number of nitrogens with zero attached hydrogens (tertiary/aromatic N) is 2. The first kappa shape index (κ1) is 7.90. The predicted molar refractivity (Wildman–Crippen MR) is 30.5 cm³/mol. The number of alkyl halides is 2. The second kappa shape index (κ2) is 1.90. The topological polar surface area (TPSA) is 40.6 Å². The van der Waals surface area contributed by atoms with Crippen molar-refractivity contribution in [3.63, 3.8) is 0 Å². The van der Waals surface area contributed by atoms with E-state index in [-0.39, 0.29) is 9.80 Å². The van der Waals surface area contributed by atoms with Crippen LogP contribution >= 0.6 is 0 Å². The minimum atomic E-state index is -3.48. The molecule has 0 spiro atoms. The number of hydrogen-bond acceptors (Lipinski definition) is 2. The highest BCUT2D eigenvalue weighted by Gasteiger charge is 2.55. The average molecular weight is 164 g/mol. The Morgan fingerprint density at radius 3 is 1.45 bits per heavy atom. The van der Waals surface area contributed by atoms with E-state index in [2.05, 4.69) is 0 Å². The number of carbonyl (C=O) groups is 2. The summed E-state index contributed by atoms with van der Waals surface area (Å²) in [5, 5.41) is 0. The van der Waals surface area contributed by atoms with Gasteiger partial charge in [-0.25, -0.2) is 0 Å². The molecule has 6 heteroatoms. The van der Waals surface area contributed by atoms with Crippen LogP contribution in [0.1, 0.15) is 0 Å². The Hall–Kier alpha value is -1.20. The smallest absolute Gasteiger partial charge is 0.263 e. The van der Waals surface area contributed by atoms with Crippen molar-refractivity contribution in [3.8, 4) is 0 Å². The zero-order valence-corrected chi connectivity index (χ0v) is 5.97. The lowest BCUT2D eigenvalue weighted by atomic mass is 10.6. The van der Waals surface area contributed by atoms with Crippen molar-refractivity contribution in [3.05, 3.63) is 0 Å². The SMILES string of the molecule is CN1C(=O)C(=O)N(C)C1(F)F. The third-order valence-electron chi connectivity index (χ3n) is 1.60. The quantitative estimate of drug-likeness (QED) is 0.356. The summed E-state index contributed by atoms with van der Waals surface area (Å²) >= 11 is 0. The van der Waals surface area contributed by atoms with E-state index in [0.717, 1.165) is 14.1 Å². The molecule has 0 radical (unpaired) electrons. The standard InChI is InChI=1S/C5H6F2N2O2/c1-8-3(10)4(11)9(2)5(8,6)7/h1-2H3. The molecule has 1 heterocycles. The largest absolute Gasteiger partial charge is 0.418 e. The van der Waals surface area contributed by atoms with Crippen molar-refractivity contribution < 1.29 is 18.4 Å². The third kappa shape index (κ3) is 0.783. The molecule has 62 valence electrons. The van der Waals surface area contributed by atoms with E-state index in [0.29, 0.717) is 0 Å². The highest BCUT2D eigenvalue weighted by atomic mass is 19.3. The molecule has 0 saturated carbocycles. The second-order valence-electron chi connectivity index (χ2n) is 2.24. The maximum absolute atomic E-state index is 12.6. The first-order chi connectivity index (χ1) is 4.89. The van der Waals surface area contributed by atoms with Crippen molar-refractivity contribution in [2.45, 2.75) is 6.17 Å². The highest BCUT2D eigenvalue weighted by Crippen LogP contribution is 2.27. The van der Waals surface area contributed by atoms with Gasteiger partial charge in [-0.05, 0) is 0 Å². The van der Waals surface area contributed by atoms with Crippen LogP contribution in [-0.4, -0.2) is 41.9 Å². The molecule has 11 heavy (non-hydrogen) atoms. The second-order valence-corrected chi connectivity index (χ2v) is 2.24. The van der Waals surface area contributed by atoms with Crippen molar-refractivity contribution in [2.75, 3.05) is 14.1 Å². The monoisotopic (exact) mass is 164 g/mol. The molecule has 0 aromatic rings. The normalized spacial score (nSPS) is 23.3. The van der Waals surface area contributed by atoms with Crippen LogP contribution in [0.2, 0.25) is 0 Å². The van der Waals surface area contributed by atoms with E-state index in [1.165, 1.54) is 0 Å². The lowest BCUT2D eigenvalue weighted by Gasteiger charge is -2.21. The number of halogens is 2. The lowest BCUT2D eigenvalue weighted by molar-refractivity contribution is -0.197. The van der Waals surface area contributed by atoms with Gasteiger partial charge in [-0.15, -0.1) is 0 Å². The van der Waals surface area contributed by atoms with Crippen molar-refractivity contribution in [2.24, 2.45) is 0 Å². The number of likely N-dealkylation sites (N-methyl/N-ethyl adjacent to an activating group) is 2. The van der Waals surface area contributed by atoms with Crippen molar-refractivity contribution >= 4 is 11.8 Å². The number of hydrogen-bond donors (Lipinski definition) is 0. The van der Waals surface area contributed by atoms with Gasteiger partial charge in [-0.1, -0.05) is 0 Å². The fourth-order valence-corrected chi connectivity index (χ4v) is 0.756. The van der Waals surface area contributed by atoms with Gasteiger partial charge in [0, 0.05) is 14.1 Å². The lowest BCUT2D eigenvalue weighted by Crippen LogP contribution is -2.43. The molecular formula is C5H6F2N2O2. The van der Waals surface area contributed by atoms with Gasteiger partial charge >= 0.3 is 18.0 Å². The number of rotatable bonds is 0. The maximum Gasteiger partial charge on any atom is 0.418 e. The third-order valence-corrected chi connectivity index (χ3v) is 1.60. The fraction of sp³-hybridized carbons (Fsp3) is 0.600. The Kier molecular flexibility index (Phi) is 1.36. The molecule has 1 aliphatic heterocycles. The van der Waals surface area contributed by atoms with Crippen LogP contribution in [-0.2, 0) is 9.59 Å². The van der Waals surface area contributed by atoms with Crippen LogP contribution in [0.4, 0.5) is 8.78 Å². The molecule has 1 aliphatic rings. The molecule has 4 nitrogen and oxygen atoms in total. The summed E-state index contributed by atoms with van der Waals surface area (Å²) in [5.74, 6) is -2.37. The molecule has 0 aromatic carbocycles. The van der Waals surface area contributed by atoms with Crippen molar-refractivity contribution in [1.82, 2.24) is 9.80 Å². The van der Waals surface area contributed by atoms with Gasteiger partial charge in [0.05, 0.1) is 0 Å². The van der Waals surface area contributed by atoms with Crippen LogP contribution in [0.3, 0.4) is 0 Å². The van der Waals surface area contributed by atoms with E-state index in [1.807, 2.05) is 0 Å². The molecular weight excluding hydrogens is 158 g/mol. The molecule has 1 fully saturated rings. The Morgan fingerprint density at radius 2 is 1.36 bits per heavy atom. The van der Waals surface area contributed by atoms with Crippen molar-refractivity contribution in [1.29, 1.82) is 0 Å². The van der Waals surface area contributed by atoms with Gasteiger partial charge in [-0.2, -0.15) is 8.78 Å². The van der Waals surface area contributed by atoms with Crippen LogP contribution in [0.25, 0.3) is 0 Å². The van der Waals surface area contributed by atoms with Crippen LogP contribution in [0.15, 0.2) is 0 Å². The Labute approximate surface area is 61.4 Å². The first-order valence-corrected chi connectivity index (χ1v) is 2.83. The van der Waals surface area contributed by atoms with Crippen LogP contribution in [0.5, 0.6) is 0 Å². The molecule has 1 saturated heterocycles. The summed E-state index contributed by atoms with van der Waals surface area (Å²) in [6.07, 6.45) is -3.48. The average Bonchev–Trinajstić information content (AvgIpc) is 2.06. The van der Waals surface area contributed by atoms with E-state index in [9.17, 15) is 18.4 Å². The zero-order valence-electron chi connectivity index (χ0n) is 5.97. The minimum Gasteiger partial charge on any atom is -0.263 e. The van der Waals surface area contributed by atoms with Gasteiger partial charge in [0.2, 0.25) is 0 Å². The number of amides is 2. The molecule has 1 rings (SSSR count). The molecule has 0 N–H and O–H groups in total. The maximum atomic E-state index is 12.6. The molecule has 0 atom stereocenters. The van der Waals surface area contributed by atoms with E-state index < -0.39 is 18.0 Å². The van der Waals surface area contributed by atoms with E-state index in [4.69, 9.17) is 0 Å². The van der Waals surface area contributed by atoms with Gasteiger partial charge in [0.1, 0.15) is 0 Å². The molecule has 0 aliphatic carbocycles. The molecule has 0 unspecified atom stereocenters. The highest BCUT2D eigenvalue weighted by molar-refractivity contribution is 6.36. The van der Waals surface area contributed by atoms with Crippen LogP contribution < -0.4 is 0 Å². The van der Waals surface area contributed by atoms with Crippen LogP contribution in [0, 0.1) is 0 Å². The molecule has 2 amide bonds. The van der Waals surface area contributed by atoms with Gasteiger partial charge in [0.25, 0.3) is 0 Å². The minimum absolute atomic E-state index is 0.106.